The predicted molar refractivity (Wildman–Crippen MR) is 75.6 cm³/mol. The van der Waals surface area contributed by atoms with Crippen LogP contribution in [-0.2, 0) is 9.59 Å². The minimum Gasteiger partial charge on any atom is -0.352 e. The largest absolute Gasteiger partial charge is 0.352 e. The monoisotopic (exact) mass is 282 g/mol. The van der Waals surface area contributed by atoms with E-state index >= 15 is 0 Å². The second kappa shape index (κ2) is 8.31. The molecule has 0 saturated carbocycles. The maximum absolute atomic E-state index is 12.6. The molecule has 6 heteroatoms. The van der Waals surface area contributed by atoms with Crippen LogP contribution in [0.2, 0.25) is 0 Å². The van der Waals surface area contributed by atoms with Crippen LogP contribution < -0.4 is 10.6 Å². The summed E-state index contributed by atoms with van der Waals surface area (Å²) >= 11 is 1.21. The van der Waals surface area contributed by atoms with Gasteiger partial charge >= 0.3 is 0 Å². The summed E-state index contributed by atoms with van der Waals surface area (Å²) in [6.07, 6.45) is 1.59. The smallest absolute Gasteiger partial charge is 0.234 e. The van der Waals surface area contributed by atoms with E-state index in [4.69, 9.17) is 0 Å². The summed E-state index contributed by atoms with van der Waals surface area (Å²) in [5.74, 6) is -0.345. The van der Waals surface area contributed by atoms with Crippen molar-refractivity contribution in [1.29, 1.82) is 0 Å². The minimum atomic E-state index is -0.355. The molecule has 0 aromatic heterocycles. The van der Waals surface area contributed by atoms with Crippen LogP contribution in [0.15, 0.2) is 36.9 Å². The minimum absolute atomic E-state index is 0.139. The second-order valence-corrected chi connectivity index (χ2v) is 4.63. The summed E-state index contributed by atoms with van der Waals surface area (Å²) in [5, 5.41) is 5.22. The normalized spacial score (nSPS) is 9.74. The molecule has 0 unspecified atom stereocenters. The number of halogens is 1. The lowest BCUT2D eigenvalue weighted by molar-refractivity contribution is -0.118. The first-order chi connectivity index (χ1) is 9.11. The molecule has 0 bridgehead atoms. The number of thioether (sulfide) groups is 1. The second-order valence-electron chi connectivity index (χ2n) is 3.64. The molecule has 0 saturated heterocycles. The summed E-state index contributed by atoms with van der Waals surface area (Å²) in [6, 6.07) is 5.50. The fourth-order valence-corrected chi connectivity index (χ4v) is 1.85. The van der Waals surface area contributed by atoms with Crippen molar-refractivity contribution in [3.63, 3.8) is 0 Å². The standard InChI is InChI=1S/C13H15FN2O2S/c1-2-7-15-12(17)8-19-9-13(18)16-11-5-3-10(14)4-6-11/h2-6H,1,7-9H2,(H,15,17)(H,16,18). The van der Waals surface area contributed by atoms with Crippen molar-refractivity contribution < 1.29 is 14.0 Å². The molecule has 0 atom stereocenters. The average molecular weight is 282 g/mol. The third kappa shape index (κ3) is 6.61. The van der Waals surface area contributed by atoms with Crippen molar-refractivity contribution in [1.82, 2.24) is 5.32 Å². The number of hydrogen-bond donors (Lipinski definition) is 2. The molecular weight excluding hydrogens is 267 g/mol. The molecule has 0 aliphatic carbocycles. The van der Waals surface area contributed by atoms with Crippen molar-refractivity contribution in [2.75, 3.05) is 23.4 Å². The van der Waals surface area contributed by atoms with Gasteiger partial charge in [0.05, 0.1) is 11.5 Å². The first-order valence-electron chi connectivity index (χ1n) is 5.62. The van der Waals surface area contributed by atoms with Gasteiger partial charge in [-0.05, 0) is 24.3 Å². The van der Waals surface area contributed by atoms with Crippen LogP contribution in [0.3, 0.4) is 0 Å². The molecule has 0 fully saturated rings. The Morgan fingerprint density at radius 3 is 2.47 bits per heavy atom. The molecule has 19 heavy (non-hydrogen) atoms. The molecular formula is C13H15FN2O2S. The van der Waals surface area contributed by atoms with Crippen molar-refractivity contribution in [3.05, 3.63) is 42.7 Å². The van der Waals surface area contributed by atoms with Gasteiger partial charge in [-0.1, -0.05) is 6.08 Å². The molecule has 0 heterocycles. The molecule has 0 spiro atoms. The highest BCUT2D eigenvalue weighted by atomic mass is 32.2. The first kappa shape index (κ1) is 15.2. The number of amides is 2. The van der Waals surface area contributed by atoms with Gasteiger partial charge in [0.1, 0.15) is 5.82 Å². The number of nitrogens with one attached hydrogen (secondary N) is 2. The molecule has 0 aliphatic rings. The Labute approximate surface area is 115 Å². The molecule has 102 valence electrons. The molecule has 2 N–H and O–H groups in total. The third-order valence-corrected chi connectivity index (χ3v) is 2.97. The zero-order valence-electron chi connectivity index (χ0n) is 10.3. The Bertz CT molecular complexity index is 448. The maximum atomic E-state index is 12.6. The van der Waals surface area contributed by atoms with Gasteiger partial charge in [-0.15, -0.1) is 18.3 Å². The Balaban J connectivity index is 2.22. The van der Waals surface area contributed by atoms with E-state index in [1.807, 2.05) is 0 Å². The quantitative estimate of drug-likeness (QED) is 0.750. The Morgan fingerprint density at radius 1 is 1.21 bits per heavy atom. The lowest BCUT2D eigenvalue weighted by Crippen LogP contribution is -2.26. The van der Waals surface area contributed by atoms with Gasteiger partial charge in [0, 0.05) is 12.2 Å². The van der Waals surface area contributed by atoms with Gasteiger partial charge < -0.3 is 10.6 Å². The van der Waals surface area contributed by atoms with Crippen molar-refractivity contribution in [2.45, 2.75) is 0 Å². The number of benzene rings is 1. The van der Waals surface area contributed by atoms with Crippen molar-refractivity contribution >= 4 is 29.3 Å². The van der Waals surface area contributed by atoms with E-state index in [1.54, 1.807) is 6.08 Å². The Hall–Kier alpha value is -1.82. The van der Waals surface area contributed by atoms with Gasteiger partial charge in [-0.25, -0.2) is 4.39 Å². The fraction of sp³-hybridized carbons (Fsp3) is 0.231. The average Bonchev–Trinajstić information content (AvgIpc) is 2.39. The summed E-state index contributed by atoms with van der Waals surface area (Å²) in [6.45, 7) is 3.90. The molecule has 1 aromatic rings. The van der Waals surface area contributed by atoms with E-state index in [-0.39, 0.29) is 29.1 Å². The highest BCUT2D eigenvalue weighted by molar-refractivity contribution is 8.00. The van der Waals surface area contributed by atoms with Crippen molar-refractivity contribution in [3.8, 4) is 0 Å². The van der Waals surface area contributed by atoms with Gasteiger partial charge in [-0.2, -0.15) is 0 Å². The topological polar surface area (TPSA) is 58.2 Å². The van der Waals surface area contributed by atoms with Crippen LogP contribution in [0, 0.1) is 5.82 Å². The summed E-state index contributed by atoms with van der Waals surface area (Å²) in [4.78, 5) is 22.7. The summed E-state index contributed by atoms with van der Waals surface area (Å²) in [5.41, 5.74) is 0.531. The summed E-state index contributed by atoms with van der Waals surface area (Å²) < 4.78 is 12.6. The van der Waals surface area contributed by atoms with Gasteiger partial charge in [-0.3, -0.25) is 9.59 Å². The molecule has 1 rings (SSSR count). The van der Waals surface area contributed by atoms with Crippen LogP contribution in [-0.4, -0.2) is 29.9 Å². The van der Waals surface area contributed by atoms with E-state index in [1.165, 1.54) is 36.0 Å². The third-order valence-electron chi connectivity index (χ3n) is 2.04. The van der Waals surface area contributed by atoms with Crippen molar-refractivity contribution in [2.24, 2.45) is 0 Å². The van der Waals surface area contributed by atoms with Gasteiger partial charge in [0.25, 0.3) is 0 Å². The number of anilines is 1. The Kier molecular flexibility index (Phi) is 6.67. The molecule has 0 radical (unpaired) electrons. The molecule has 0 aliphatic heterocycles. The first-order valence-corrected chi connectivity index (χ1v) is 6.78. The van der Waals surface area contributed by atoms with Crippen LogP contribution in [0.1, 0.15) is 0 Å². The lowest BCUT2D eigenvalue weighted by Gasteiger charge is -2.05. The lowest BCUT2D eigenvalue weighted by atomic mass is 10.3. The van der Waals surface area contributed by atoms with Gasteiger partial charge in [0.15, 0.2) is 0 Å². The number of rotatable bonds is 7. The van der Waals surface area contributed by atoms with Gasteiger partial charge in [0.2, 0.25) is 11.8 Å². The van der Waals surface area contributed by atoms with E-state index in [9.17, 15) is 14.0 Å². The molecule has 2 amide bonds. The predicted octanol–water partition coefficient (Wildman–Crippen LogP) is 1.80. The Morgan fingerprint density at radius 2 is 1.84 bits per heavy atom. The molecule has 1 aromatic carbocycles. The molecule has 4 nitrogen and oxygen atoms in total. The number of carbonyl (C=O) groups is 2. The summed E-state index contributed by atoms with van der Waals surface area (Å²) in [7, 11) is 0. The van der Waals surface area contributed by atoms with Crippen LogP contribution >= 0.6 is 11.8 Å². The fourth-order valence-electron chi connectivity index (χ4n) is 1.20. The number of hydrogen-bond acceptors (Lipinski definition) is 3. The maximum Gasteiger partial charge on any atom is 0.234 e. The van der Waals surface area contributed by atoms with E-state index < -0.39 is 0 Å². The van der Waals surface area contributed by atoms with Crippen LogP contribution in [0.4, 0.5) is 10.1 Å². The van der Waals surface area contributed by atoms with E-state index in [0.717, 1.165) is 0 Å². The van der Waals surface area contributed by atoms with E-state index in [0.29, 0.717) is 12.2 Å². The van der Waals surface area contributed by atoms with Crippen LogP contribution in [0.5, 0.6) is 0 Å². The highest BCUT2D eigenvalue weighted by Gasteiger charge is 2.05. The van der Waals surface area contributed by atoms with E-state index in [2.05, 4.69) is 17.2 Å². The zero-order chi connectivity index (χ0) is 14.1. The number of carbonyl (C=O) groups excluding carboxylic acids is 2. The zero-order valence-corrected chi connectivity index (χ0v) is 11.1. The highest BCUT2D eigenvalue weighted by Crippen LogP contribution is 2.09. The SMILES string of the molecule is C=CCNC(=O)CSCC(=O)Nc1ccc(F)cc1. The van der Waals surface area contributed by atoms with Crippen LogP contribution in [0.25, 0.3) is 0 Å².